The number of amides is 3. The summed E-state index contributed by atoms with van der Waals surface area (Å²) in [5.74, 6) is -3.65. The molecule has 38 heavy (non-hydrogen) atoms. The monoisotopic (exact) mass is 571 g/mol. The van der Waals surface area contributed by atoms with Gasteiger partial charge in [0.05, 0.1) is 27.5 Å². The van der Waals surface area contributed by atoms with Crippen molar-refractivity contribution >= 4 is 57.7 Å². The average molecular weight is 572 g/mol. The summed E-state index contributed by atoms with van der Waals surface area (Å²) in [6, 6.07) is -1.29. The molecule has 1 saturated heterocycles. The lowest BCUT2D eigenvalue weighted by Crippen LogP contribution is -2.74. The standard InChI is InChI=1S/C21H25N5O10S2/c1-21(2,3)19(30)36-9-35-18(29)14-10(5-34-20(22)31)7-38(32)17-13(16(28)26(14)17)24-15(27)12(25-33-4)11-6-37-8-23-11/h6,8,13,17H,5,7,9H2,1-4H3,(H2,22,31)(H,24,27)/b25-12-/t13?,17-,38?/m0/s1. The molecule has 0 bridgehead atoms. The number of esters is 2. The van der Waals surface area contributed by atoms with E-state index in [1.54, 1.807) is 26.2 Å². The van der Waals surface area contributed by atoms with Gasteiger partial charge in [-0.05, 0) is 20.8 Å². The molecular formula is C21H25N5O10S2. The fraction of sp³-hybridized carbons (Fsp3) is 0.476. The van der Waals surface area contributed by atoms with E-state index in [0.29, 0.717) is 0 Å². The Hall–Kier alpha value is -3.86. The number of rotatable bonds is 9. The first kappa shape index (κ1) is 28.7. The van der Waals surface area contributed by atoms with Crippen LogP contribution in [-0.2, 0) is 49.0 Å². The minimum Gasteiger partial charge on any atom is -0.445 e. The van der Waals surface area contributed by atoms with Gasteiger partial charge in [-0.2, -0.15) is 0 Å². The summed E-state index contributed by atoms with van der Waals surface area (Å²) in [6.07, 6.45) is -1.16. The van der Waals surface area contributed by atoms with Crippen molar-refractivity contribution in [2.24, 2.45) is 16.3 Å². The molecule has 0 aliphatic carbocycles. The quantitative estimate of drug-likeness (QED) is 0.125. The SMILES string of the molecule is CO/N=C(\C(=O)NC1C(=O)N2C(C(=O)OCOC(=O)C(C)(C)C)=C(COC(N)=O)CS(=O)[C@@H]12)c1cscn1. The zero-order chi connectivity index (χ0) is 28.2. The summed E-state index contributed by atoms with van der Waals surface area (Å²) in [7, 11) is -0.608. The number of fused-ring (bicyclic) bond motifs is 1. The molecule has 0 saturated carbocycles. The van der Waals surface area contributed by atoms with Crippen molar-refractivity contribution in [1.29, 1.82) is 0 Å². The summed E-state index contributed by atoms with van der Waals surface area (Å²) in [5.41, 5.74) is 5.23. The van der Waals surface area contributed by atoms with Gasteiger partial charge in [-0.25, -0.2) is 14.6 Å². The van der Waals surface area contributed by atoms with Crippen molar-refractivity contribution < 1.29 is 47.2 Å². The molecule has 2 unspecified atom stereocenters. The Morgan fingerprint density at radius 2 is 1.97 bits per heavy atom. The number of ether oxygens (including phenoxy) is 3. The topological polar surface area (TPSA) is 206 Å². The van der Waals surface area contributed by atoms with Gasteiger partial charge in [0.25, 0.3) is 11.8 Å². The fourth-order valence-corrected chi connectivity index (χ4v) is 5.57. The van der Waals surface area contributed by atoms with Crippen LogP contribution in [0.3, 0.4) is 0 Å². The number of aromatic nitrogens is 1. The van der Waals surface area contributed by atoms with Crippen LogP contribution in [0, 0.1) is 5.41 Å². The van der Waals surface area contributed by atoms with E-state index in [1.165, 1.54) is 24.0 Å². The third-order valence-corrected chi connectivity index (χ3v) is 7.38. The fourth-order valence-electron chi connectivity index (χ4n) is 3.37. The summed E-state index contributed by atoms with van der Waals surface area (Å²) >= 11 is 1.20. The van der Waals surface area contributed by atoms with Crippen molar-refractivity contribution in [2.45, 2.75) is 32.2 Å². The van der Waals surface area contributed by atoms with Crippen molar-refractivity contribution in [1.82, 2.24) is 15.2 Å². The van der Waals surface area contributed by atoms with Gasteiger partial charge >= 0.3 is 18.0 Å². The summed E-state index contributed by atoms with van der Waals surface area (Å²) in [6.45, 7) is 3.50. The zero-order valence-corrected chi connectivity index (χ0v) is 22.4. The van der Waals surface area contributed by atoms with Crippen LogP contribution in [0.15, 0.2) is 27.3 Å². The van der Waals surface area contributed by atoms with Crippen LogP contribution in [0.25, 0.3) is 0 Å². The smallest absolute Gasteiger partial charge is 0.404 e. The van der Waals surface area contributed by atoms with Gasteiger partial charge in [-0.3, -0.25) is 23.5 Å². The lowest BCUT2D eigenvalue weighted by Gasteiger charge is -2.49. The molecule has 0 radical (unpaired) electrons. The zero-order valence-electron chi connectivity index (χ0n) is 20.7. The first-order valence-electron chi connectivity index (χ1n) is 10.9. The highest BCUT2D eigenvalue weighted by molar-refractivity contribution is 7.86. The number of carbonyl (C=O) groups excluding carboxylic acids is 5. The molecule has 17 heteroatoms. The molecule has 206 valence electrons. The van der Waals surface area contributed by atoms with Crippen LogP contribution < -0.4 is 11.1 Å². The number of thiazole rings is 1. The third kappa shape index (κ3) is 6.16. The van der Waals surface area contributed by atoms with E-state index in [0.717, 1.165) is 4.90 Å². The van der Waals surface area contributed by atoms with Gasteiger partial charge in [0.15, 0.2) is 5.71 Å². The predicted octanol–water partition coefficient (Wildman–Crippen LogP) is -0.652. The van der Waals surface area contributed by atoms with Crippen LogP contribution in [0.1, 0.15) is 26.5 Å². The molecule has 15 nitrogen and oxygen atoms in total. The third-order valence-electron chi connectivity index (χ3n) is 5.14. The molecule has 3 rings (SSSR count). The van der Waals surface area contributed by atoms with E-state index in [4.69, 9.17) is 24.8 Å². The van der Waals surface area contributed by atoms with Gasteiger partial charge in [-0.15, -0.1) is 11.3 Å². The molecule has 3 amide bonds. The number of nitrogens with zero attached hydrogens (tertiary/aromatic N) is 3. The number of nitrogens with two attached hydrogens (primary N) is 1. The van der Waals surface area contributed by atoms with Crippen LogP contribution in [0.4, 0.5) is 4.79 Å². The number of hydrogen-bond acceptors (Lipinski definition) is 13. The number of nitrogens with one attached hydrogen (secondary N) is 1. The lowest BCUT2D eigenvalue weighted by molar-refractivity contribution is -0.173. The van der Waals surface area contributed by atoms with E-state index in [-0.39, 0.29) is 28.4 Å². The maximum absolute atomic E-state index is 13.1. The maximum atomic E-state index is 13.1. The molecule has 2 aliphatic heterocycles. The summed E-state index contributed by atoms with van der Waals surface area (Å²) in [4.78, 5) is 71.5. The number of carbonyl (C=O) groups is 5. The largest absolute Gasteiger partial charge is 0.445 e. The summed E-state index contributed by atoms with van der Waals surface area (Å²) in [5, 5.41) is 6.49. The molecule has 3 heterocycles. The minimum atomic E-state index is -1.83. The van der Waals surface area contributed by atoms with Gasteiger partial charge in [0.1, 0.15) is 36.5 Å². The molecule has 0 spiro atoms. The average Bonchev–Trinajstić information content (AvgIpc) is 3.37. The first-order chi connectivity index (χ1) is 17.9. The van der Waals surface area contributed by atoms with E-state index in [1.807, 2.05) is 0 Å². The second-order valence-corrected chi connectivity index (χ2v) is 11.1. The van der Waals surface area contributed by atoms with Crippen molar-refractivity contribution in [3.8, 4) is 0 Å². The highest BCUT2D eigenvalue weighted by atomic mass is 32.2. The Morgan fingerprint density at radius 1 is 1.26 bits per heavy atom. The highest BCUT2D eigenvalue weighted by Gasteiger charge is 2.57. The lowest BCUT2D eigenvalue weighted by atomic mass is 9.98. The molecule has 2 aliphatic rings. The van der Waals surface area contributed by atoms with Crippen LogP contribution in [0.2, 0.25) is 0 Å². The Balaban J connectivity index is 1.82. The predicted molar refractivity (Wildman–Crippen MR) is 130 cm³/mol. The molecule has 1 aromatic heterocycles. The second kappa shape index (κ2) is 11.7. The molecule has 1 fully saturated rings. The van der Waals surface area contributed by atoms with E-state index < -0.39 is 70.9 Å². The van der Waals surface area contributed by atoms with E-state index >= 15 is 0 Å². The van der Waals surface area contributed by atoms with Crippen LogP contribution in [-0.4, -0.2) is 87.3 Å². The van der Waals surface area contributed by atoms with Gasteiger partial charge in [0.2, 0.25) is 6.79 Å². The summed E-state index contributed by atoms with van der Waals surface area (Å²) < 4.78 is 27.7. The van der Waals surface area contributed by atoms with Gasteiger partial charge < -0.3 is 30.1 Å². The minimum absolute atomic E-state index is 0.00670. The number of hydrogen-bond donors (Lipinski definition) is 2. The Morgan fingerprint density at radius 3 is 2.55 bits per heavy atom. The number of oxime groups is 1. The van der Waals surface area contributed by atoms with E-state index in [2.05, 4.69) is 15.5 Å². The molecular weight excluding hydrogens is 546 g/mol. The highest BCUT2D eigenvalue weighted by Crippen LogP contribution is 2.35. The van der Waals surface area contributed by atoms with E-state index in [9.17, 15) is 28.2 Å². The van der Waals surface area contributed by atoms with Crippen molar-refractivity contribution in [3.05, 3.63) is 27.9 Å². The van der Waals surface area contributed by atoms with Gasteiger partial charge in [0, 0.05) is 11.0 Å². The van der Waals surface area contributed by atoms with Crippen molar-refractivity contribution in [3.63, 3.8) is 0 Å². The molecule has 3 N–H and O–H groups in total. The van der Waals surface area contributed by atoms with Crippen LogP contribution in [0.5, 0.6) is 0 Å². The van der Waals surface area contributed by atoms with Gasteiger partial charge in [-0.1, -0.05) is 5.16 Å². The normalized spacial score (nSPS) is 21.2. The van der Waals surface area contributed by atoms with Crippen LogP contribution >= 0.6 is 11.3 Å². The maximum Gasteiger partial charge on any atom is 0.404 e. The second-order valence-electron chi connectivity index (χ2n) is 8.86. The Bertz CT molecular complexity index is 1220. The molecule has 3 atom stereocenters. The number of primary amides is 1. The first-order valence-corrected chi connectivity index (χ1v) is 13.2. The number of β-lactam (4-membered cyclic amide) rings is 1. The Labute approximate surface area is 222 Å². The van der Waals surface area contributed by atoms with Crippen molar-refractivity contribution in [2.75, 3.05) is 26.3 Å². The Kier molecular flexibility index (Phi) is 8.82. The molecule has 0 aromatic carbocycles. The molecule has 1 aromatic rings.